The first kappa shape index (κ1) is 20.6. The molecule has 0 saturated heterocycles. The molecule has 3 aromatic carbocycles. The van der Waals surface area contributed by atoms with Crippen molar-refractivity contribution < 1.29 is 0 Å². The summed E-state index contributed by atoms with van der Waals surface area (Å²) in [5.41, 5.74) is 5.45. The number of benzene rings is 3. The molecule has 5 nitrogen and oxygen atoms in total. The number of aromatic nitrogens is 2. The molecule has 4 rings (SSSR count). The molecule has 0 saturated carbocycles. The van der Waals surface area contributed by atoms with Crippen LogP contribution in [0.4, 0.5) is 23.1 Å². The van der Waals surface area contributed by atoms with Gasteiger partial charge in [0.1, 0.15) is 5.82 Å². The molecule has 0 spiro atoms. The largest absolute Gasteiger partial charge is 0.340 e. The molecule has 3 N–H and O–H groups in total. The van der Waals surface area contributed by atoms with Crippen LogP contribution in [0.2, 0.25) is 0 Å². The summed E-state index contributed by atoms with van der Waals surface area (Å²) in [4.78, 5) is 9.06. The lowest BCUT2D eigenvalue weighted by Crippen LogP contribution is -2.17. The molecule has 0 fully saturated rings. The van der Waals surface area contributed by atoms with Gasteiger partial charge in [-0.2, -0.15) is 4.98 Å². The second-order valence-corrected chi connectivity index (χ2v) is 7.55. The molecule has 0 aliphatic carbocycles. The summed E-state index contributed by atoms with van der Waals surface area (Å²) in [7, 11) is 0. The van der Waals surface area contributed by atoms with E-state index in [1.165, 1.54) is 11.1 Å². The zero-order valence-electron chi connectivity index (χ0n) is 17.8. The fourth-order valence-corrected chi connectivity index (χ4v) is 3.26. The molecule has 0 amide bonds. The van der Waals surface area contributed by atoms with Gasteiger partial charge in [-0.15, -0.1) is 0 Å². The second-order valence-electron chi connectivity index (χ2n) is 7.55. The van der Waals surface area contributed by atoms with Gasteiger partial charge in [-0.25, -0.2) is 4.98 Å². The fourth-order valence-electron chi connectivity index (χ4n) is 3.26. The van der Waals surface area contributed by atoms with E-state index in [1.807, 2.05) is 49.5 Å². The van der Waals surface area contributed by atoms with Crippen molar-refractivity contribution in [1.82, 2.24) is 15.3 Å². The summed E-state index contributed by atoms with van der Waals surface area (Å²) in [6.45, 7) is 5.01. The highest BCUT2D eigenvalue weighted by molar-refractivity contribution is 5.62. The standard InChI is InChI=1S/C26H27N5/c1-19-17-28-26(31-25(19)29-23-11-7-4-8-12-23)30-24-15-13-22(14-16-24)20(2)27-18-21-9-5-3-6-10-21/h3-17,20,27H,18H2,1-2H3,(H2,28,29,30,31). The summed E-state index contributed by atoms with van der Waals surface area (Å²) < 4.78 is 0. The van der Waals surface area contributed by atoms with Crippen molar-refractivity contribution in [2.45, 2.75) is 26.4 Å². The van der Waals surface area contributed by atoms with Crippen LogP contribution in [-0.2, 0) is 6.54 Å². The maximum absolute atomic E-state index is 4.64. The van der Waals surface area contributed by atoms with Crippen molar-refractivity contribution in [3.8, 4) is 0 Å². The first-order chi connectivity index (χ1) is 15.2. The van der Waals surface area contributed by atoms with Crippen LogP contribution < -0.4 is 16.0 Å². The minimum absolute atomic E-state index is 0.256. The third-order valence-electron chi connectivity index (χ3n) is 5.13. The maximum atomic E-state index is 4.64. The highest BCUT2D eigenvalue weighted by Crippen LogP contribution is 2.22. The van der Waals surface area contributed by atoms with Crippen LogP contribution >= 0.6 is 0 Å². The number of aryl methyl sites for hydroxylation is 1. The molecule has 5 heteroatoms. The van der Waals surface area contributed by atoms with E-state index in [9.17, 15) is 0 Å². The van der Waals surface area contributed by atoms with Crippen molar-refractivity contribution in [2.75, 3.05) is 10.6 Å². The molecule has 1 heterocycles. The summed E-state index contributed by atoms with van der Waals surface area (Å²) in [6, 6.07) is 29.1. The Morgan fingerprint density at radius 3 is 2.13 bits per heavy atom. The lowest BCUT2D eigenvalue weighted by molar-refractivity contribution is 0.575. The minimum Gasteiger partial charge on any atom is -0.340 e. The highest BCUT2D eigenvalue weighted by Gasteiger charge is 2.07. The van der Waals surface area contributed by atoms with E-state index in [0.717, 1.165) is 29.3 Å². The quantitative estimate of drug-likeness (QED) is 0.327. The molecule has 0 radical (unpaired) electrons. The van der Waals surface area contributed by atoms with Crippen molar-refractivity contribution in [2.24, 2.45) is 0 Å². The van der Waals surface area contributed by atoms with E-state index in [2.05, 4.69) is 81.4 Å². The van der Waals surface area contributed by atoms with E-state index in [1.54, 1.807) is 0 Å². The molecular formula is C26H27N5. The van der Waals surface area contributed by atoms with Gasteiger partial charge in [-0.05, 0) is 49.2 Å². The van der Waals surface area contributed by atoms with Gasteiger partial charge in [0.05, 0.1) is 0 Å². The van der Waals surface area contributed by atoms with Gasteiger partial charge in [-0.1, -0.05) is 60.7 Å². The van der Waals surface area contributed by atoms with Crippen molar-refractivity contribution in [3.63, 3.8) is 0 Å². The number of hydrogen-bond acceptors (Lipinski definition) is 5. The SMILES string of the molecule is Cc1cnc(Nc2ccc(C(C)NCc3ccccc3)cc2)nc1Nc1ccccc1. The zero-order valence-corrected chi connectivity index (χ0v) is 17.8. The van der Waals surface area contributed by atoms with Crippen molar-refractivity contribution in [1.29, 1.82) is 0 Å². The first-order valence-electron chi connectivity index (χ1n) is 10.5. The Bertz CT molecular complexity index is 1100. The number of rotatable bonds is 8. The third kappa shape index (κ3) is 5.68. The van der Waals surface area contributed by atoms with Gasteiger partial charge in [-0.3, -0.25) is 0 Å². The summed E-state index contributed by atoms with van der Waals surface area (Å²) >= 11 is 0. The van der Waals surface area contributed by atoms with E-state index in [-0.39, 0.29) is 6.04 Å². The van der Waals surface area contributed by atoms with Crippen LogP contribution in [0.5, 0.6) is 0 Å². The van der Waals surface area contributed by atoms with Gasteiger partial charge in [0.15, 0.2) is 0 Å². The smallest absolute Gasteiger partial charge is 0.229 e. The van der Waals surface area contributed by atoms with Gasteiger partial charge in [0.25, 0.3) is 0 Å². The fraction of sp³-hybridized carbons (Fsp3) is 0.154. The molecule has 0 bridgehead atoms. The zero-order chi connectivity index (χ0) is 21.5. The summed E-state index contributed by atoms with van der Waals surface area (Å²) in [5, 5.41) is 10.2. The Hall–Kier alpha value is -3.70. The molecule has 4 aromatic rings. The lowest BCUT2D eigenvalue weighted by Gasteiger charge is -2.15. The van der Waals surface area contributed by atoms with Gasteiger partial charge in [0.2, 0.25) is 5.95 Å². The van der Waals surface area contributed by atoms with Gasteiger partial charge in [0, 0.05) is 35.7 Å². The molecule has 1 unspecified atom stereocenters. The van der Waals surface area contributed by atoms with E-state index >= 15 is 0 Å². The Morgan fingerprint density at radius 1 is 0.774 bits per heavy atom. The number of nitrogens with one attached hydrogen (secondary N) is 3. The number of hydrogen-bond donors (Lipinski definition) is 3. The lowest BCUT2D eigenvalue weighted by atomic mass is 10.1. The number of anilines is 4. The highest BCUT2D eigenvalue weighted by atomic mass is 15.1. The van der Waals surface area contributed by atoms with Crippen LogP contribution in [0.25, 0.3) is 0 Å². The number of para-hydroxylation sites is 1. The summed E-state index contributed by atoms with van der Waals surface area (Å²) in [5.74, 6) is 1.35. The Balaban J connectivity index is 1.39. The molecule has 0 aliphatic heterocycles. The normalized spacial score (nSPS) is 11.7. The van der Waals surface area contributed by atoms with Crippen LogP contribution in [0.15, 0.2) is 91.1 Å². The predicted molar refractivity (Wildman–Crippen MR) is 128 cm³/mol. The van der Waals surface area contributed by atoms with Crippen LogP contribution in [-0.4, -0.2) is 9.97 Å². The Morgan fingerprint density at radius 2 is 1.42 bits per heavy atom. The molecular weight excluding hydrogens is 382 g/mol. The maximum Gasteiger partial charge on any atom is 0.229 e. The molecule has 1 aromatic heterocycles. The van der Waals surface area contributed by atoms with Gasteiger partial charge >= 0.3 is 0 Å². The van der Waals surface area contributed by atoms with Crippen molar-refractivity contribution in [3.05, 3.63) is 108 Å². The second kappa shape index (κ2) is 9.87. The average molecular weight is 410 g/mol. The Kier molecular flexibility index (Phi) is 6.55. The Labute approximate surface area is 183 Å². The van der Waals surface area contributed by atoms with Crippen molar-refractivity contribution >= 4 is 23.1 Å². The predicted octanol–water partition coefficient (Wildman–Crippen LogP) is 6.12. The summed E-state index contributed by atoms with van der Waals surface area (Å²) in [6.07, 6.45) is 1.82. The van der Waals surface area contributed by atoms with Crippen LogP contribution in [0.1, 0.15) is 29.7 Å². The minimum atomic E-state index is 0.256. The van der Waals surface area contributed by atoms with E-state index < -0.39 is 0 Å². The van der Waals surface area contributed by atoms with Crippen LogP contribution in [0.3, 0.4) is 0 Å². The molecule has 156 valence electrons. The van der Waals surface area contributed by atoms with E-state index in [4.69, 9.17) is 0 Å². The van der Waals surface area contributed by atoms with Gasteiger partial charge < -0.3 is 16.0 Å². The number of nitrogens with zero attached hydrogens (tertiary/aromatic N) is 2. The van der Waals surface area contributed by atoms with E-state index in [0.29, 0.717) is 5.95 Å². The van der Waals surface area contributed by atoms with Crippen LogP contribution in [0, 0.1) is 6.92 Å². The monoisotopic (exact) mass is 409 g/mol. The third-order valence-corrected chi connectivity index (χ3v) is 5.13. The first-order valence-corrected chi connectivity index (χ1v) is 10.5. The topological polar surface area (TPSA) is 61.9 Å². The molecule has 1 atom stereocenters. The molecule has 0 aliphatic rings. The molecule has 31 heavy (non-hydrogen) atoms. The average Bonchev–Trinajstić information content (AvgIpc) is 2.81.